The Morgan fingerprint density at radius 3 is 2.69 bits per heavy atom. The second-order valence-electron chi connectivity index (χ2n) is 6.31. The number of nitrogens with zero attached hydrogens (tertiary/aromatic N) is 2. The molecule has 7 heteroatoms. The number of thiophene rings is 1. The second kappa shape index (κ2) is 8.70. The van der Waals surface area contributed by atoms with Gasteiger partial charge in [-0.25, -0.2) is 0 Å². The maximum absolute atomic E-state index is 12.4. The zero-order valence-corrected chi connectivity index (χ0v) is 16.6. The molecule has 6 nitrogen and oxygen atoms in total. The third-order valence-corrected chi connectivity index (χ3v) is 5.27. The molecule has 1 N–H and O–H groups in total. The molecule has 0 aliphatic carbocycles. The van der Waals surface area contributed by atoms with Gasteiger partial charge in [0, 0.05) is 34.5 Å². The Morgan fingerprint density at radius 2 is 1.93 bits per heavy atom. The van der Waals surface area contributed by atoms with Gasteiger partial charge in [0.15, 0.2) is 0 Å². The lowest BCUT2D eigenvalue weighted by Gasteiger charge is -2.09. The average Bonchev–Trinajstić information content (AvgIpc) is 3.45. The zero-order chi connectivity index (χ0) is 20.1. The first-order valence-corrected chi connectivity index (χ1v) is 10.0. The van der Waals surface area contributed by atoms with E-state index in [1.807, 2.05) is 66.0 Å². The number of hydrogen-bond donors (Lipinski definition) is 1. The Labute approximate surface area is 172 Å². The van der Waals surface area contributed by atoms with Crippen molar-refractivity contribution >= 4 is 22.9 Å². The van der Waals surface area contributed by atoms with Crippen LogP contribution in [0.5, 0.6) is 5.75 Å². The molecule has 0 aliphatic rings. The minimum atomic E-state index is -0.0989. The lowest BCUT2D eigenvalue weighted by atomic mass is 10.1. The predicted molar refractivity (Wildman–Crippen MR) is 113 cm³/mol. The predicted octanol–water partition coefficient (Wildman–Crippen LogP) is 5.05. The first-order valence-electron chi connectivity index (χ1n) is 9.13. The fraction of sp³-hybridized carbons (Fsp3) is 0.136. The van der Waals surface area contributed by atoms with Crippen LogP contribution in [0.3, 0.4) is 0 Å². The first-order chi connectivity index (χ1) is 14.2. The first kappa shape index (κ1) is 18.9. The number of methoxy groups -OCH3 is 1. The molecule has 0 bridgehead atoms. The number of rotatable bonds is 7. The minimum absolute atomic E-state index is 0.0989. The van der Waals surface area contributed by atoms with Gasteiger partial charge in [0.1, 0.15) is 5.75 Å². The van der Waals surface area contributed by atoms with Gasteiger partial charge >= 0.3 is 0 Å². The Bertz CT molecular complexity index is 1090. The number of anilines is 1. The number of ether oxygens (including phenoxy) is 1. The lowest BCUT2D eigenvalue weighted by molar-refractivity contribution is -0.116. The summed E-state index contributed by atoms with van der Waals surface area (Å²) < 4.78 is 10.4. The van der Waals surface area contributed by atoms with Crippen LogP contribution in [0, 0.1) is 0 Å². The third-order valence-electron chi connectivity index (χ3n) is 4.37. The summed E-state index contributed by atoms with van der Waals surface area (Å²) in [7, 11) is 1.62. The molecule has 4 rings (SSSR count). The van der Waals surface area contributed by atoms with Crippen molar-refractivity contribution in [3.05, 3.63) is 71.9 Å². The van der Waals surface area contributed by atoms with Crippen LogP contribution >= 0.6 is 11.3 Å². The molecular weight excluding hydrogens is 386 g/mol. The highest BCUT2D eigenvalue weighted by atomic mass is 32.1. The van der Waals surface area contributed by atoms with E-state index in [0.717, 1.165) is 27.4 Å². The highest BCUT2D eigenvalue weighted by molar-refractivity contribution is 7.13. The molecule has 0 atom stereocenters. The highest BCUT2D eigenvalue weighted by Gasteiger charge is 2.13. The summed E-state index contributed by atoms with van der Waals surface area (Å²) >= 11 is 1.64. The van der Waals surface area contributed by atoms with Crippen LogP contribution in [0.4, 0.5) is 5.69 Å². The summed E-state index contributed by atoms with van der Waals surface area (Å²) in [4.78, 5) is 17.9. The van der Waals surface area contributed by atoms with E-state index in [2.05, 4.69) is 15.5 Å². The molecule has 0 aliphatic heterocycles. The van der Waals surface area contributed by atoms with E-state index >= 15 is 0 Å². The molecule has 4 aromatic rings. The SMILES string of the molecule is COc1ccc(-c2noc(CCC(=O)Nc3ccccc3-c3cccs3)n2)cc1. The van der Waals surface area contributed by atoms with Gasteiger partial charge in [-0.1, -0.05) is 29.4 Å². The number of carbonyl (C=O) groups excluding carboxylic acids is 1. The van der Waals surface area contributed by atoms with Gasteiger partial charge in [-0.3, -0.25) is 4.79 Å². The number of amides is 1. The number of para-hydroxylation sites is 1. The number of carbonyl (C=O) groups is 1. The van der Waals surface area contributed by atoms with E-state index in [4.69, 9.17) is 9.26 Å². The largest absolute Gasteiger partial charge is 0.497 e. The summed E-state index contributed by atoms with van der Waals surface area (Å²) in [5.41, 5.74) is 2.63. The summed E-state index contributed by atoms with van der Waals surface area (Å²) in [6, 6.07) is 19.2. The zero-order valence-electron chi connectivity index (χ0n) is 15.8. The maximum atomic E-state index is 12.4. The van der Waals surface area contributed by atoms with Crippen LogP contribution in [0.2, 0.25) is 0 Å². The minimum Gasteiger partial charge on any atom is -0.497 e. The monoisotopic (exact) mass is 405 g/mol. The maximum Gasteiger partial charge on any atom is 0.227 e. The summed E-state index contributed by atoms with van der Waals surface area (Å²) in [5, 5.41) is 9.00. The number of hydrogen-bond acceptors (Lipinski definition) is 6. The Hall–Kier alpha value is -3.45. The topological polar surface area (TPSA) is 77.2 Å². The van der Waals surface area contributed by atoms with Crippen LogP contribution in [-0.2, 0) is 11.2 Å². The van der Waals surface area contributed by atoms with Gasteiger partial charge in [0.25, 0.3) is 0 Å². The Kier molecular flexibility index (Phi) is 5.67. The molecule has 0 fully saturated rings. The molecule has 1 amide bonds. The van der Waals surface area contributed by atoms with Gasteiger partial charge in [-0.05, 0) is 41.8 Å². The normalized spacial score (nSPS) is 10.7. The fourth-order valence-electron chi connectivity index (χ4n) is 2.89. The molecule has 146 valence electrons. The lowest BCUT2D eigenvalue weighted by Crippen LogP contribution is -2.13. The number of benzene rings is 2. The number of aryl methyl sites for hydroxylation is 1. The fourth-order valence-corrected chi connectivity index (χ4v) is 3.65. The second-order valence-corrected chi connectivity index (χ2v) is 7.26. The van der Waals surface area contributed by atoms with E-state index < -0.39 is 0 Å². The van der Waals surface area contributed by atoms with Crippen LogP contribution in [0.25, 0.3) is 21.8 Å². The standard InChI is InChI=1S/C22H19N3O3S/c1-27-16-10-8-15(9-11-16)22-24-21(28-25-22)13-12-20(26)23-18-6-3-2-5-17(18)19-7-4-14-29-19/h2-11,14H,12-13H2,1H3,(H,23,26). The molecule has 0 saturated heterocycles. The van der Waals surface area contributed by atoms with Crippen LogP contribution < -0.4 is 10.1 Å². The van der Waals surface area contributed by atoms with Crippen molar-refractivity contribution in [1.82, 2.24) is 10.1 Å². The van der Waals surface area contributed by atoms with E-state index in [0.29, 0.717) is 18.1 Å². The molecule has 29 heavy (non-hydrogen) atoms. The number of aromatic nitrogens is 2. The third kappa shape index (κ3) is 4.52. The van der Waals surface area contributed by atoms with Crippen molar-refractivity contribution in [2.24, 2.45) is 0 Å². The van der Waals surface area contributed by atoms with Crippen molar-refractivity contribution in [2.75, 3.05) is 12.4 Å². The summed E-state index contributed by atoms with van der Waals surface area (Å²) in [6.45, 7) is 0. The molecule has 2 aromatic heterocycles. The molecule has 0 radical (unpaired) electrons. The molecule has 2 aromatic carbocycles. The molecule has 0 unspecified atom stereocenters. The summed E-state index contributed by atoms with van der Waals surface area (Å²) in [5.74, 6) is 1.58. The van der Waals surface area contributed by atoms with Gasteiger partial charge in [0.2, 0.25) is 17.6 Å². The Morgan fingerprint density at radius 1 is 1.10 bits per heavy atom. The molecule has 2 heterocycles. The van der Waals surface area contributed by atoms with Gasteiger partial charge in [-0.15, -0.1) is 11.3 Å². The van der Waals surface area contributed by atoms with Crippen LogP contribution in [-0.4, -0.2) is 23.2 Å². The number of nitrogens with one attached hydrogen (secondary N) is 1. The van der Waals surface area contributed by atoms with E-state index in [1.165, 1.54) is 0 Å². The summed E-state index contributed by atoms with van der Waals surface area (Å²) in [6.07, 6.45) is 0.624. The Balaban J connectivity index is 1.38. The van der Waals surface area contributed by atoms with E-state index in [9.17, 15) is 4.79 Å². The van der Waals surface area contributed by atoms with E-state index in [-0.39, 0.29) is 12.3 Å². The van der Waals surface area contributed by atoms with Gasteiger partial charge < -0.3 is 14.6 Å². The highest BCUT2D eigenvalue weighted by Crippen LogP contribution is 2.31. The quantitative estimate of drug-likeness (QED) is 0.466. The van der Waals surface area contributed by atoms with Crippen LogP contribution in [0.15, 0.2) is 70.6 Å². The molecule has 0 spiro atoms. The van der Waals surface area contributed by atoms with Gasteiger partial charge in [0.05, 0.1) is 7.11 Å². The van der Waals surface area contributed by atoms with E-state index in [1.54, 1.807) is 18.4 Å². The smallest absolute Gasteiger partial charge is 0.227 e. The van der Waals surface area contributed by atoms with Crippen molar-refractivity contribution < 1.29 is 14.1 Å². The van der Waals surface area contributed by atoms with Crippen molar-refractivity contribution in [2.45, 2.75) is 12.8 Å². The van der Waals surface area contributed by atoms with Crippen LogP contribution in [0.1, 0.15) is 12.3 Å². The van der Waals surface area contributed by atoms with Crippen molar-refractivity contribution in [3.8, 4) is 27.6 Å². The average molecular weight is 405 g/mol. The molecule has 0 saturated carbocycles. The van der Waals surface area contributed by atoms with Gasteiger partial charge in [-0.2, -0.15) is 4.98 Å². The molecular formula is C22H19N3O3S. The van der Waals surface area contributed by atoms with Crippen molar-refractivity contribution in [1.29, 1.82) is 0 Å². The van der Waals surface area contributed by atoms with Crippen molar-refractivity contribution in [3.63, 3.8) is 0 Å².